The van der Waals surface area contributed by atoms with Crippen molar-refractivity contribution in [1.29, 1.82) is 0 Å². The van der Waals surface area contributed by atoms with Gasteiger partial charge in [-0.25, -0.2) is 4.79 Å². The van der Waals surface area contributed by atoms with Crippen molar-refractivity contribution >= 4 is 5.97 Å². The summed E-state index contributed by atoms with van der Waals surface area (Å²) in [6.45, 7) is 11.1. The number of carbonyl (C=O) groups is 1. The molecular weight excluding hydrogens is 240 g/mol. The van der Waals surface area contributed by atoms with E-state index in [0.29, 0.717) is 24.5 Å². The third-order valence-electron chi connectivity index (χ3n) is 2.62. The van der Waals surface area contributed by atoms with Gasteiger partial charge in [0.15, 0.2) is 0 Å². The molecule has 0 spiro atoms. The van der Waals surface area contributed by atoms with Crippen LogP contribution in [0.15, 0.2) is 18.2 Å². The van der Waals surface area contributed by atoms with Crippen molar-refractivity contribution in [1.82, 2.24) is 0 Å². The molecule has 0 radical (unpaired) electrons. The summed E-state index contributed by atoms with van der Waals surface area (Å²) in [4.78, 5) is 12.0. The first-order chi connectivity index (χ1) is 8.89. The highest BCUT2D eigenvalue weighted by molar-refractivity contribution is 5.93. The Hall–Kier alpha value is -1.51. The maximum absolute atomic E-state index is 12.0. The lowest BCUT2D eigenvalue weighted by atomic mass is 9.98. The minimum Gasteiger partial charge on any atom is -0.492 e. The Kier molecular flexibility index (Phi) is 5.40. The highest BCUT2D eigenvalue weighted by Crippen LogP contribution is 2.27. The first-order valence-electron chi connectivity index (χ1n) is 6.81. The summed E-state index contributed by atoms with van der Waals surface area (Å²) in [7, 11) is 0. The van der Waals surface area contributed by atoms with Gasteiger partial charge < -0.3 is 9.47 Å². The van der Waals surface area contributed by atoms with E-state index in [-0.39, 0.29) is 11.4 Å². The zero-order valence-electron chi connectivity index (χ0n) is 12.6. The molecule has 0 aliphatic heterocycles. The summed E-state index contributed by atoms with van der Waals surface area (Å²) in [5, 5.41) is 0. The fourth-order valence-corrected chi connectivity index (χ4v) is 1.69. The van der Waals surface area contributed by atoms with E-state index in [1.165, 1.54) is 0 Å². The highest BCUT2D eigenvalue weighted by atomic mass is 16.5. The summed E-state index contributed by atoms with van der Waals surface area (Å²) in [5.74, 6) is 0.347. The molecule has 0 atom stereocenters. The summed E-state index contributed by atoms with van der Waals surface area (Å²) in [5.41, 5.74) is 1.60. The minimum absolute atomic E-state index is 0.0484. The summed E-state index contributed by atoms with van der Waals surface area (Å²) < 4.78 is 11.0. The second kappa shape index (κ2) is 6.60. The Morgan fingerprint density at radius 1 is 1.21 bits per heavy atom. The Bertz CT molecular complexity index is 430. The van der Waals surface area contributed by atoms with E-state index in [0.717, 1.165) is 12.0 Å². The van der Waals surface area contributed by atoms with Crippen LogP contribution in [-0.4, -0.2) is 19.2 Å². The monoisotopic (exact) mass is 264 g/mol. The average molecular weight is 264 g/mol. The smallest absolute Gasteiger partial charge is 0.341 e. The Morgan fingerprint density at radius 3 is 2.42 bits per heavy atom. The van der Waals surface area contributed by atoms with Crippen molar-refractivity contribution in [3.63, 3.8) is 0 Å². The largest absolute Gasteiger partial charge is 0.492 e. The summed E-state index contributed by atoms with van der Waals surface area (Å²) >= 11 is 0. The number of hydrogen-bond acceptors (Lipinski definition) is 3. The van der Waals surface area contributed by atoms with Crippen LogP contribution in [0.2, 0.25) is 0 Å². The van der Waals surface area contributed by atoms with Crippen molar-refractivity contribution in [3.8, 4) is 5.75 Å². The van der Waals surface area contributed by atoms with Crippen molar-refractivity contribution in [3.05, 3.63) is 29.3 Å². The van der Waals surface area contributed by atoms with Crippen LogP contribution in [-0.2, 0) is 11.2 Å². The molecule has 1 aromatic carbocycles. The van der Waals surface area contributed by atoms with Crippen molar-refractivity contribution in [2.75, 3.05) is 13.2 Å². The molecule has 0 aromatic heterocycles. The predicted molar refractivity (Wildman–Crippen MR) is 76.7 cm³/mol. The van der Waals surface area contributed by atoms with Gasteiger partial charge in [0.1, 0.15) is 11.3 Å². The van der Waals surface area contributed by atoms with Crippen molar-refractivity contribution in [2.45, 2.75) is 41.0 Å². The average Bonchev–Trinajstić information content (AvgIpc) is 2.35. The van der Waals surface area contributed by atoms with Gasteiger partial charge in [-0.05, 0) is 30.4 Å². The number of aryl methyl sites for hydroxylation is 1. The molecule has 0 saturated heterocycles. The number of para-hydroxylation sites is 1. The van der Waals surface area contributed by atoms with Gasteiger partial charge in [-0.3, -0.25) is 0 Å². The van der Waals surface area contributed by atoms with Gasteiger partial charge in [0.2, 0.25) is 0 Å². The molecule has 0 heterocycles. The van der Waals surface area contributed by atoms with E-state index in [9.17, 15) is 4.79 Å². The molecule has 3 heteroatoms. The van der Waals surface area contributed by atoms with E-state index in [4.69, 9.17) is 9.47 Å². The molecule has 0 aliphatic carbocycles. The van der Waals surface area contributed by atoms with Crippen LogP contribution in [0.4, 0.5) is 0 Å². The van der Waals surface area contributed by atoms with Gasteiger partial charge in [-0.1, -0.05) is 39.8 Å². The van der Waals surface area contributed by atoms with Gasteiger partial charge >= 0.3 is 5.97 Å². The number of hydrogen-bond donors (Lipinski definition) is 0. The Morgan fingerprint density at radius 2 is 1.89 bits per heavy atom. The van der Waals surface area contributed by atoms with Crippen LogP contribution in [0.25, 0.3) is 0 Å². The molecule has 0 aliphatic rings. The highest BCUT2D eigenvalue weighted by Gasteiger charge is 2.19. The van der Waals surface area contributed by atoms with Crippen molar-refractivity contribution in [2.24, 2.45) is 5.41 Å². The van der Waals surface area contributed by atoms with E-state index in [2.05, 4.69) is 20.8 Å². The first kappa shape index (κ1) is 15.5. The fourth-order valence-electron chi connectivity index (χ4n) is 1.69. The molecule has 0 fully saturated rings. The lowest BCUT2D eigenvalue weighted by molar-refractivity contribution is 0.0519. The third-order valence-corrected chi connectivity index (χ3v) is 2.62. The van der Waals surface area contributed by atoms with E-state index in [1.54, 1.807) is 13.0 Å². The summed E-state index contributed by atoms with van der Waals surface area (Å²) in [6, 6.07) is 5.62. The fraction of sp³-hybridized carbons (Fsp3) is 0.562. The van der Waals surface area contributed by atoms with E-state index < -0.39 is 0 Å². The lowest BCUT2D eigenvalue weighted by Gasteiger charge is -2.21. The second-order valence-corrected chi connectivity index (χ2v) is 5.72. The number of esters is 1. The Balaban J connectivity index is 3.06. The van der Waals surface area contributed by atoms with E-state index >= 15 is 0 Å². The zero-order valence-corrected chi connectivity index (χ0v) is 12.6. The maximum atomic E-state index is 12.0. The second-order valence-electron chi connectivity index (χ2n) is 5.72. The van der Waals surface area contributed by atoms with Crippen LogP contribution >= 0.6 is 0 Å². The first-order valence-corrected chi connectivity index (χ1v) is 6.81. The van der Waals surface area contributed by atoms with Crippen molar-refractivity contribution < 1.29 is 14.3 Å². The maximum Gasteiger partial charge on any atom is 0.341 e. The molecule has 0 saturated carbocycles. The topological polar surface area (TPSA) is 35.5 Å². The molecule has 1 aromatic rings. The number of rotatable bonds is 5. The predicted octanol–water partition coefficient (Wildman–Crippen LogP) is 3.85. The van der Waals surface area contributed by atoms with Gasteiger partial charge in [-0.15, -0.1) is 0 Å². The van der Waals surface area contributed by atoms with Crippen LogP contribution < -0.4 is 4.74 Å². The molecule has 0 bridgehead atoms. The standard InChI is InChI=1S/C16H24O3/c1-6-12-9-8-10-13(15(17)18-7-2)14(12)19-11-16(3,4)5/h8-10H,6-7,11H2,1-5H3. The van der Waals surface area contributed by atoms with Gasteiger partial charge in [0, 0.05) is 0 Å². The van der Waals surface area contributed by atoms with Crippen LogP contribution in [0.1, 0.15) is 50.5 Å². The van der Waals surface area contributed by atoms with Crippen LogP contribution in [0.5, 0.6) is 5.75 Å². The molecule has 0 amide bonds. The van der Waals surface area contributed by atoms with Gasteiger partial charge in [-0.2, -0.15) is 0 Å². The molecule has 1 rings (SSSR count). The number of carbonyl (C=O) groups excluding carboxylic acids is 1. The van der Waals surface area contributed by atoms with Gasteiger partial charge in [0.05, 0.1) is 13.2 Å². The molecule has 0 N–H and O–H groups in total. The van der Waals surface area contributed by atoms with Crippen LogP contribution in [0, 0.1) is 5.41 Å². The zero-order chi connectivity index (χ0) is 14.5. The quantitative estimate of drug-likeness (QED) is 0.758. The molecule has 0 unspecified atom stereocenters. The van der Waals surface area contributed by atoms with Gasteiger partial charge in [0.25, 0.3) is 0 Å². The summed E-state index contributed by atoms with van der Waals surface area (Å²) in [6.07, 6.45) is 0.826. The minimum atomic E-state index is -0.318. The molecule has 106 valence electrons. The van der Waals surface area contributed by atoms with E-state index in [1.807, 2.05) is 19.1 Å². The molecule has 19 heavy (non-hydrogen) atoms. The third kappa shape index (κ3) is 4.58. The Labute approximate surface area is 115 Å². The van der Waals surface area contributed by atoms with Crippen LogP contribution in [0.3, 0.4) is 0 Å². The molecule has 3 nitrogen and oxygen atoms in total. The number of benzene rings is 1. The normalized spacial score (nSPS) is 11.2. The SMILES string of the molecule is CCOC(=O)c1cccc(CC)c1OCC(C)(C)C. The lowest BCUT2D eigenvalue weighted by Crippen LogP contribution is -2.19. The number of ether oxygens (including phenoxy) is 2. The molecular formula is C16H24O3.